The molecule has 1 aromatic rings. The molecule has 1 aliphatic carbocycles. The van der Waals surface area contributed by atoms with Gasteiger partial charge >= 0.3 is 5.97 Å². The maximum atomic E-state index is 11.7. The number of nitrogens with one attached hydrogen (secondary N) is 2. The van der Waals surface area contributed by atoms with Crippen LogP contribution in [-0.4, -0.2) is 35.5 Å². The summed E-state index contributed by atoms with van der Waals surface area (Å²) in [7, 11) is 0. The molecule has 6 heteroatoms. The number of benzene rings is 1. The van der Waals surface area contributed by atoms with E-state index in [0.717, 1.165) is 12.8 Å². The number of aromatic carboxylic acids is 1. The van der Waals surface area contributed by atoms with Gasteiger partial charge in [0.15, 0.2) is 0 Å². The lowest BCUT2D eigenvalue weighted by atomic mass is 10.0. The lowest BCUT2D eigenvalue weighted by Gasteiger charge is -2.07. The number of carbonyl (C=O) groups is 3. The summed E-state index contributed by atoms with van der Waals surface area (Å²) in [6, 6.07) is 6.58. The fraction of sp³-hybridized carbons (Fsp3) is 0.357. The Hall–Kier alpha value is -2.37. The van der Waals surface area contributed by atoms with E-state index in [0.29, 0.717) is 5.56 Å². The van der Waals surface area contributed by atoms with E-state index in [4.69, 9.17) is 5.11 Å². The number of hydrogen-bond donors (Lipinski definition) is 3. The third-order valence-electron chi connectivity index (χ3n) is 2.99. The molecular formula is C14H16N2O4. The predicted molar refractivity (Wildman–Crippen MR) is 71.3 cm³/mol. The SMILES string of the molecule is O=C(Cc1ccccc1C(=O)O)NCC(=O)NC1CC1. The first-order valence-electron chi connectivity index (χ1n) is 6.43. The van der Waals surface area contributed by atoms with Crippen LogP contribution in [0.5, 0.6) is 0 Å². The molecule has 0 atom stereocenters. The first kappa shape index (κ1) is 14.0. The van der Waals surface area contributed by atoms with E-state index < -0.39 is 5.97 Å². The zero-order valence-electron chi connectivity index (χ0n) is 10.9. The summed E-state index contributed by atoms with van der Waals surface area (Å²) < 4.78 is 0. The van der Waals surface area contributed by atoms with Crippen LogP contribution in [-0.2, 0) is 16.0 Å². The standard InChI is InChI=1S/C14H16N2O4/c17-12(15-8-13(18)16-10-5-6-10)7-9-3-1-2-4-11(9)14(19)20/h1-4,10H,5-8H2,(H,15,17)(H,16,18)(H,19,20). The van der Waals surface area contributed by atoms with Crippen molar-refractivity contribution < 1.29 is 19.5 Å². The molecule has 1 aliphatic rings. The van der Waals surface area contributed by atoms with Crippen molar-refractivity contribution in [2.24, 2.45) is 0 Å². The van der Waals surface area contributed by atoms with E-state index in [1.165, 1.54) is 6.07 Å². The molecule has 2 amide bonds. The van der Waals surface area contributed by atoms with Crippen molar-refractivity contribution in [3.63, 3.8) is 0 Å². The summed E-state index contributed by atoms with van der Waals surface area (Å²) >= 11 is 0. The zero-order valence-corrected chi connectivity index (χ0v) is 10.9. The normalized spacial score (nSPS) is 13.6. The quantitative estimate of drug-likeness (QED) is 0.697. The van der Waals surface area contributed by atoms with Crippen molar-refractivity contribution in [1.29, 1.82) is 0 Å². The Morgan fingerprint density at radius 3 is 2.50 bits per heavy atom. The minimum absolute atomic E-state index is 0.0564. The summed E-state index contributed by atoms with van der Waals surface area (Å²) in [6.45, 7) is -0.0788. The summed E-state index contributed by atoms with van der Waals surface area (Å²) in [5, 5.41) is 14.2. The molecule has 1 saturated carbocycles. The van der Waals surface area contributed by atoms with Gasteiger partial charge in [0.05, 0.1) is 18.5 Å². The number of rotatable bonds is 6. The zero-order chi connectivity index (χ0) is 14.5. The van der Waals surface area contributed by atoms with Gasteiger partial charge in [-0.1, -0.05) is 18.2 Å². The van der Waals surface area contributed by atoms with Crippen molar-refractivity contribution in [3.8, 4) is 0 Å². The van der Waals surface area contributed by atoms with Gasteiger partial charge < -0.3 is 15.7 Å². The van der Waals surface area contributed by atoms with Crippen LogP contribution in [0.2, 0.25) is 0 Å². The van der Waals surface area contributed by atoms with Gasteiger partial charge in [-0.2, -0.15) is 0 Å². The molecule has 1 fully saturated rings. The van der Waals surface area contributed by atoms with Crippen LogP contribution in [0.1, 0.15) is 28.8 Å². The highest BCUT2D eigenvalue weighted by Crippen LogP contribution is 2.18. The fourth-order valence-corrected chi connectivity index (χ4v) is 1.80. The third-order valence-corrected chi connectivity index (χ3v) is 2.99. The topological polar surface area (TPSA) is 95.5 Å². The van der Waals surface area contributed by atoms with E-state index in [2.05, 4.69) is 10.6 Å². The summed E-state index contributed by atoms with van der Waals surface area (Å²) in [5.74, 6) is -1.66. The van der Waals surface area contributed by atoms with E-state index in [-0.39, 0.29) is 36.4 Å². The molecule has 106 valence electrons. The fourth-order valence-electron chi connectivity index (χ4n) is 1.80. The Balaban J connectivity index is 1.84. The highest BCUT2D eigenvalue weighted by Gasteiger charge is 2.23. The van der Waals surface area contributed by atoms with E-state index in [1.54, 1.807) is 18.2 Å². The first-order valence-corrected chi connectivity index (χ1v) is 6.43. The largest absolute Gasteiger partial charge is 0.478 e. The minimum atomic E-state index is -1.07. The lowest BCUT2D eigenvalue weighted by molar-refractivity contribution is -0.125. The molecule has 1 aromatic carbocycles. The van der Waals surface area contributed by atoms with Gasteiger partial charge in [0, 0.05) is 6.04 Å². The van der Waals surface area contributed by atoms with Crippen LogP contribution in [0.3, 0.4) is 0 Å². The Morgan fingerprint density at radius 1 is 1.15 bits per heavy atom. The molecule has 0 heterocycles. The van der Waals surface area contributed by atoms with Crippen LogP contribution < -0.4 is 10.6 Å². The van der Waals surface area contributed by atoms with Gasteiger partial charge in [-0.3, -0.25) is 9.59 Å². The van der Waals surface area contributed by atoms with Crippen molar-refractivity contribution in [2.45, 2.75) is 25.3 Å². The minimum Gasteiger partial charge on any atom is -0.478 e. The van der Waals surface area contributed by atoms with Crippen LogP contribution in [0.4, 0.5) is 0 Å². The predicted octanol–water partition coefficient (Wildman–Crippen LogP) is 0.322. The lowest BCUT2D eigenvalue weighted by Crippen LogP contribution is -2.38. The molecule has 0 unspecified atom stereocenters. The average molecular weight is 276 g/mol. The number of carboxylic acids is 1. The summed E-state index contributed by atoms with van der Waals surface area (Å²) in [5.41, 5.74) is 0.533. The number of carbonyl (C=O) groups excluding carboxylic acids is 2. The van der Waals surface area contributed by atoms with Crippen LogP contribution in [0.15, 0.2) is 24.3 Å². The maximum Gasteiger partial charge on any atom is 0.335 e. The summed E-state index contributed by atoms with van der Waals surface area (Å²) in [6.07, 6.45) is 1.93. The van der Waals surface area contributed by atoms with E-state index in [1.807, 2.05) is 0 Å². The average Bonchev–Trinajstić information content (AvgIpc) is 3.21. The maximum absolute atomic E-state index is 11.7. The smallest absolute Gasteiger partial charge is 0.335 e. The van der Waals surface area contributed by atoms with Crippen LogP contribution >= 0.6 is 0 Å². The number of hydrogen-bond acceptors (Lipinski definition) is 3. The van der Waals surface area contributed by atoms with Gasteiger partial charge in [-0.05, 0) is 24.5 Å². The van der Waals surface area contributed by atoms with E-state index >= 15 is 0 Å². The molecule has 0 radical (unpaired) electrons. The van der Waals surface area contributed by atoms with Crippen LogP contribution in [0, 0.1) is 0 Å². The molecule has 0 bridgehead atoms. The Kier molecular flexibility index (Phi) is 4.34. The van der Waals surface area contributed by atoms with Gasteiger partial charge in [-0.25, -0.2) is 4.79 Å². The number of carboxylic acid groups (broad SMARTS) is 1. The van der Waals surface area contributed by atoms with Crippen LogP contribution in [0.25, 0.3) is 0 Å². The van der Waals surface area contributed by atoms with Crippen molar-refractivity contribution in [1.82, 2.24) is 10.6 Å². The monoisotopic (exact) mass is 276 g/mol. The second kappa shape index (κ2) is 6.18. The second-order valence-corrected chi connectivity index (χ2v) is 4.76. The Labute approximate surface area is 116 Å². The van der Waals surface area contributed by atoms with Crippen molar-refractivity contribution in [3.05, 3.63) is 35.4 Å². The molecule has 0 saturated heterocycles. The third kappa shape index (κ3) is 4.08. The molecule has 6 nitrogen and oxygen atoms in total. The highest BCUT2D eigenvalue weighted by atomic mass is 16.4. The highest BCUT2D eigenvalue weighted by molar-refractivity contribution is 5.92. The molecule has 2 rings (SSSR count). The van der Waals surface area contributed by atoms with Gasteiger partial charge in [0.1, 0.15) is 0 Å². The second-order valence-electron chi connectivity index (χ2n) is 4.76. The van der Waals surface area contributed by atoms with Gasteiger partial charge in [0.25, 0.3) is 0 Å². The first-order chi connectivity index (χ1) is 9.56. The molecule has 20 heavy (non-hydrogen) atoms. The molecular weight excluding hydrogens is 260 g/mol. The number of amides is 2. The molecule has 0 spiro atoms. The molecule has 0 aliphatic heterocycles. The molecule has 3 N–H and O–H groups in total. The van der Waals surface area contributed by atoms with Crippen molar-refractivity contribution >= 4 is 17.8 Å². The van der Waals surface area contributed by atoms with Gasteiger partial charge in [-0.15, -0.1) is 0 Å². The Morgan fingerprint density at radius 2 is 1.85 bits per heavy atom. The van der Waals surface area contributed by atoms with Gasteiger partial charge in [0.2, 0.25) is 11.8 Å². The summed E-state index contributed by atoms with van der Waals surface area (Å²) in [4.78, 5) is 34.1. The van der Waals surface area contributed by atoms with E-state index in [9.17, 15) is 14.4 Å². The van der Waals surface area contributed by atoms with Crippen molar-refractivity contribution in [2.75, 3.05) is 6.54 Å². The molecule has 0 aromatic heterocycles. The Bertz CT molecular complexity index is 538.